The Bertz CT molecular complexity index is 564. The van der Waals surface area contributed by atoms with Crippen LogP contribution in [0.1, 0.15) is 42.4 Å². The van der Waals surface area contributed by atoms with Crippen molar-refractivity contribution >= 4 is 11.6 Å². The number of rotatable bonds is 6. The topological polar surface area (TPSA) is 44.4 Å². The lowest BCUT2D eigenvalue weighted by molar-refractivity contribution is -0.117. The molecule has 2 fully saturated rings. The fourth-order valence-electron chi connectivity index (χ4n) is 3.71. The van der Waals surface area contributed by atoms with Crippen LogP contribution < -0.4 is 10.6 Å². The molecular weight excluding hydrogens is 298 g/mol. The highest BCUT2D eigenvalue weighted by Gasteiger charge is 2.25. The van der Waals surface area contributed by atoms with Gasteiger partial charge in [-0.25, -0.2) is 0 Å². The van der Waals surface area contributed by atoms with Gasteiger partial charge in [-0.3, -0.25) is 9.69 Å². The molecule has 1 aromatic rings. The highest BCUT2D eigenvalue weighted by atomic mass is 16.2. The van der Waals surface area contributed by atoms with Crippen LogP contribution in [0.4, 0.5) is 5.69 Å². The van der Waals surface area contributed by atoms with E-state index in [4.69, 9.17) is 0 Å². The lowest BCUT2D eigenvalue weighted by Gasteiger charge is -2.32. The summed E-state index contributed by atoms with van der Waals surface area (Å²) >= 11 is 0. The standard InChI is InChI=1S/C20H31N3O/c1-14-10-15(2)20(16(3)11-14)22-19(24)13-23-8-6-18(7-9-23)21-12-17-4-5-17/h10-11,17-18,21H,4-9,12-13H2,1-3H3,(H,22,24). The first kappa shape index (κ1) is 17.4. The number of carbonyl (C=O) groups is 1. The van der Waals surface area contributed by atoms with Gasteiger partial charge in [-0.15, -0.1) is 0 Å². The fourth-order valence-corrected chi connectivity index (χ4v) is 3.71. The number of benzene rings is 1. The van der Waals surface area contributed by atoms with Gasteiger partial charge in [0.15, 0.2) is 0 Å². The normalized spacial score (nSPS) is 19.5. The predicted octanol–water partition coefficient (Wildman–Crippen LogP) is 3.01. The Morgan fingerprint density at radius 2 is 1.71 bits per heavy atom. The van der Waals surface area contributed by atoms with E-state index in [0.717, 1.165) is 48.7 Å². The number of hydrogen-bond acceptors (Lipinski definition) is 3. The summed E-state index contributed by atoms with van der Waals surface area (Å²) in [5.74, 6) is 1.05. The summed E-state index contributed by atoms with van der Waals surface area (Å²) in [4.78, 5) is 14.7. The van der Waals surface area contributed by atoms with E-state index in [2.05, 4.69) is 48.4 Å². The van der Waals surface area contributed by atoms with Gasteiger partial charge in [-0.05, 0) is 70.0 Å². The van der Waals surface area contributed by atoms with E-state index in [0.29, 0.717) is 12.6 Å². The summed E-state index contributed by atoms with van der Waals surface area (Å²) < 4.78 is 0. The fraction of sp³-hybridized carbons (Fsp3) is 0.650. The Morgan fingerprint density at radius 1 is 1.08 bits per heavy atom. The second kappa shape index (κ2) is 7.66. The van der Waals surface area contributed by atoms with Crippen LogP contribution in [0.5, 0.6) is 0 Å². The van der Waals surface area contributed by atoms with Crippen molar-refractivity contribution in [2.75, 3.05) is 31.5 Å². The Hall–Kier alpha value is -1.39. The SMILES string of the molecule is Cc1cc(C)c(NC(=O)CN2CCC(NCC3CC3)CC2)c(C)c1. The van der Waals surface area contributed by atoms with E-state index >= 15 is 0 Å². The molecule has 0 spiro atoms. The average molecular weight is 329 g/mol. The van der Waals surface area contributed by atoms with Crippen LogP contribution in [0.25, 0.3) is 0 Å². The molecule has 0 unspecified atom stereocenters. The van der Waals surface area contributed by atoms with Gasteiger partial charge in [0.25, 0.3) is 0 Å². The number of nitrogens with zero attached hydrogens (tertiary/aromatic N) is 1. The summed E-state index contributed by atoms with van der Waals surface area (Å²) in [6.45, 7) is 9.94. The maximum Gasteiger partial charge on any atom is 0.238 e. The molecule has 1 saturated heterocycles. The first-order valence-electron chi connectivity index (χ1n) is 9.34. The Labute approximate surface area is 146 Å². The van der Waals surface area contributed by atoms with Gasteiger partial charge >= 0.3 is 0 Å². The first-order valence-corrected chi connectivity index (χ1v) is 9.34. The number of hydrogen-bond donors (Lipinski definition) is 2. The zero-order chi connectivity index (χ0) is 17.1. The molecule has 0 aromatic heterocycles. The molecule has 1 aliphatic carbocycles. The molecule has 1 amide bonds. The molecule has 24 heavy (non-hydrogen) atoms. The summed E-state index contributed by atoms with van der Waals surface area (Å²) in [5, 5.41) is 6.81. The summed E-state index contributed by atoms with van der Waals surface area (Å²) in [7, 11) is 0. The highest BCUT2D eigenvalue weighted by molar-refractivity contribution is 5.93. The number of likely N-dealkylation sites (tertiary alicyclic amines) is 1. The zero-order valence-corrected chi connectivity index (χ0v) is 15.3. The minimum absolute atomic E-state index is 0.106. The summed E-state index contributed by atoms with van der Waals surface area (Å²) in [6, 6.07) is 4.89. The second-order valence-corrected chi connectivity index (χ2v) is 7.72. The molecule has 3 rings (SSSR count). The van der Waals surface area contributed by atoms with Crippen molar-refractivity contribution in [3.63, 3.8) is 0 Å². The van der Waals surface area contributed by atoms with E-state index in [-0.39, 0.29) is 5.91 Å². The maximum atomic E-state index is 12.4. The van der Waals surface area contributed by atoms with Gasteiger partial charge in [0.2, 0.25) is 5.91 Å². The molecule has 4 nitrogen and oxygen atoms in total. The molecule has 132 valence electrons. The maximum absolute atomic E-state index is 12.4. The third-order valence-electron chi connectivity index (χ3n) is 5.29. The molecular formula is C20H31N3O. The number of anilines is 1. The van der Waals surface area contributed by atoms with Crippen molar-refractivity contribution in [3.05, 3.63) is 28.8 Å². The lowest BCUT2D eigenvalue weighted by Crippen LogP contribution is -2.45. The lowest BCUT2D eigenvalue weighted by atomic mass is 10.0. The molecule has 4 heteroatoms. The molecule has 1 heterocycles. The van der Waals surface area contributed by atoms with E-state index < -0.39 is 0 Å². The van der Waals surface area contributed by atoms with Gasteiger partial charge in [-0.2, -0.15) is 0 Å². The van der Waals surface area contributed by atoms with Gasteiger partial charge in [0.05, 0.1) is 6.54 Å². The smallest absolute Gasteiger partial charge is 0.238 e. The minimum Gasteiger partial charge on any atom is -0.324 e. The molecule has 0 atom stereocenters. The molecule has 1 aromatic carbocycles. The van der Waals surface area contributed by atoms with Crippen LogP contribution >= 0.6 is 0 Å². The predicted molar refractivity (Wildman–Crippen MR) is 99.5 cm³/mol. The number of piperidine rings is 1. The number of carbonyl (C=O) groups excluding carboxylic acids is 1. The number of aryl methyl sites for hydroxylation is 3. The number of nitrogens with one attached hydrogen (secondary N) is 2. The minimum atomic E-state index is 0.106. The molecule has 0 radical (unpaired) electrons. The molecule has 0 bridgehead atoms. The van der Waals surface area contributed by atoms with Crippen molar-refractivity contribution < 1.29 is 4.79 Å². The van der Waals surface area contributed by atoms with Gasteiger partial charge in [0.1, 0.15) is 0 Å². The van der Waals surface area contributed by atoms with E-state index in [1.807, 2.05) is 0 Å². The van der Waals surface area contributed by atoms with Gasteiger partial charge < -0.3 is 10.6 Å². The van der Waals surface area contributed by atoms with Crippen molar-refractivity contribution in [1.82, 2.24) is 10.2 Å². The van der Waals surface area contributed by atoms with Crippen molar-refractivity contribution in [2.45, 2.75) is 52.5 Å². The van der Waals surface area contributed by atoms with Crippen molar-refractivity contribution in [3.8, 4) is 0 Å². The molecule has 1 aliphatic heterocycles. The van der Waals surface area contributed by atoms with E-state index in [1.54, 1.807) is 0 Å². The van der Waals surface area contributed by atoms with Crippen LogP contribution in [0.15, 0.2) is 12.1 Å². The van der Waals surface area contributed by atoms with E-state index in [9.17, 15) is 4.79 Å². The van der Waals surface area contributed by atoms with Crippen LogP contribution in [-0.2, 0) is 4.79 Å². The Kier molecular flexibility index (Phi) is 5.57. The van der Waals surface area contributed by atoms with Crippen LogP contribution in [0.2, 0.25) is 0 Å². The highest BCUT2D eigenvalue weighted by Crippen LogP contribution is 2.28. The third kappa shape index (κ3) is 4.81. The monoisotopic (exact) mass is 329 g/mol. The first-order chi connectivity index (χ1) is 11.5. The van der Waals surface area contributed by atoms with Crippen molar-refractivity contribution in [2.24, 2.45) is 5.92 Å². The molecule has 2 N–H and O–H groups in total. The largest absolute Gasteiger partial charge is 0.324 e. The van der Waals surface area contributed by atoms with Crippen LogP contribution in [-0.4, -0.2) is 43.0 Å². The van der Waals surface area contributed by atoms with Gasteiger partial charge in [-0.1, -0.05) is 17.7 Å². The van der Waals surface area contributed by atoms with Crippen LogP contribution in [0, 0.1) is 26.7 Å². The molecule has 2 aliphatic rings. The van der Waals surface area contributed by atoms with Crippen molar-refractivity contribution in [1.29, 1.82) is 0 Å². The summed E-state index contributed by atoms with van der Waals surface area (Å²) in [5.41, 5.74) is 4.50. The van der Waals surface area contributed by atoms with E-state index in [1.165, 1.54) is 24.9 Å². The quantitative estimate of drug-likeness (QED) is 0.843. The third-order valence-corrected chi connectivity index (χ3v) is 5.29. The summed E-state index contributed by atoms with van der Waals surface area (Å²) in [6.07, 6.45) is 5.12. The zero-order valence-electron chi connectivity index (χ0n) is 15.3. The van der Waals surface area contributed by atoms with Gasteiger partial charge in [0, 0.05) is 24.8 Å². The second-order valence-electron chi connectivity index (χ2n) is 7.72. The average Bonchev–Trinajstić information content (AvgIpc) is 3.34. The van der Waals surface area contributed by atoms with Crippen LogP contribution in [0.3, 0.4) is 0 Å². The molecule has 1 saturated carbocycles. The number of amides is 1. The Morgan fingerprint density at radius 3 is 2.29 bits per heavy atom. The Balaban J connectivity index is 1.44.